The number of carbonyl (C=O) groups is 1. The van der Waals surface area contributed by atoms with E-state index in [4.69, 9.17) is 16.3 Å². The van der Waals surface area contributed by atoms with E-state index < -0.39 is 0 Å². The summed E-state index contributed by atoms with van der Waals surface area (Å²) in [4.78, 5) is 14.3. The SMILES string of the molecule is CCOC1CC(CC(=O)N2CCC(C)C2CCl)C1. The third kappa shape index (κ3) is 3.00. The normalized spacial score (nSPS) is 35.6. The molecule has 3 nitrogen and oxygen atoms in total. The second-order valence-corrected chi connectivity index (χ2v) is 6.00. The lowest BCUT2D eigenvalue weighted by Gasteiger charge is -2.36. The summed E-state index contributed by atoms with van der Waals surface area (Å²) in [7, 11) is 0. The van der Waals surface area contributed by atoms with Crippen molar-refractivity contribution >= 4 is 17.5 Å². The molecule has 0 radical (unpaired) electrons. The second kappa shape index (κ2) is 6.25. The van der Waals surface area contributed by atoms with Crippen LogP contribution in [0.15, 0.2) is 0 Å². The highest BCUT2D eigenvalue weighted by Gasteiger charge is 2.37. The number of amides is 1. The predicted molar refractivity (Wildman–Crippen MR) is 72.8 cm³/mol. The molecule has 4 heteroatoms. The third-order valence-corrected chi connectivity index (χ3v) is 4.74. The van der Waals surface area contributed by atoms with Crippen molar-refractivity contribution in [2.24, 2.45) is 11.8 Å². The fourth-order valence-corrected chi connectivity index (χ4v) is 3.60. The number of carbonyl (C=O) groups excluding carboxylic acids is 1. The fourth-order valence-electron chi connectivity index (χ4n) is 3.13. The molecule has 2 aliphatic rings. The number of hydrogen-bond donors (Lipinski definition) is 0. The topological polar surface area (TPSA) is 29.5 Å². The zero-order valence-corrected chi connectivity index (χ0v) is 12.2. The summed E-state index contributed by atoms with van der Waals surface area (Å²) in [5, 5.41) is 0. The first kappa shape index (κ1) is 14.1. The van der Waals surface area contributed by atoms with Gasteiger partial charge in [0.2, 0.25) is 5.91 Å². The Kier molecular flexibility index (Phi) is 4.91. The zero-order chi connectivity index (χ0) is 13.1. The molecule has 0 N–H and O–H groups in total. The van der Waals surface area contributed by atoms with Crippen molar-refractivity contribution < 1.29 is 9.53 Å². The number of halogens is 1. The summed E-state index contributed by atoms with van der Waals surface area (Å²) >= 11 is 5.98. The van der Waals surface area contributed by atoms with Gasteiger partial charge in [-0.2, -0.15) is 0 Å². The van der Waals surface area contributed by atoms with Gasteiger partial charge in [0, 0.05) is 31.5 Å². The minimum atomic E-state index is 0.252. The van der Waals surface area contributed by atoms with Crippen LogP contribution in [0.5, 0.6) is 0 Å². The lowest BCUT2D eigenvalue weighted by molar-refractivity contribution is -0.135. The molecule has 18 heavy (non-hydrogen) atoms. The van der Waals surface area contributed by atoms with Crippen molar-refractivity contribution in [3.05, 3.63) is 0 Å². The quantitative estimate of drug-likeness (QED) is 0.721. The third-order valence-electron chi connectivity index (χ3n) is 4.42. The van der Waals surface area contributed by atoms with Crippen LogP contribution in [-0.2, 0) is 9.53 Å². The summed E-state index contributed by atoms with van der Waals surface area (Å²) in [6.45, 7) is 5.88. The predicted octanol–water partition coefficient (Wildman–Crippen LogP) is 2.67. The molecule has 0 aromatic rings. The van der Waals surface area contributed by atoms with Crippen LogP contribution in [0.2, 0.25) is 0 Å². The Morgan fingerprint density at radius 3 is 2.78 bits per heavy atom. The fraction of sp³-hybridized carbons (Fsp3) is 0.929. The molecule has 1 saturated carbocycles. The van der Waals surface area contributed by atoms with Gasteiger partial charge in [0.15, 0.2) is 0 Å². The monoisotopic (exact) mass is 273 g/mol. The van der Waals surface area contributed by atoms with Gasteiger partial charge in [-0.15, -0.1) is 11.6 Å². The van der Waals surface area contributed by atoms with Crippen molar-refractivity contribution in [2.75, 3.05) is 19.0 Å². The van der Waals surface area contributed by atoms with Gasteiger partial charge in [-0.05, 0) is 38.0 Å². The van der Waals surface area contributed by atoms with E-state index in [1.165, 1.54) is 0 Å². The maximum atomic E-state index is 12.3. The van der Waals surface area contributed by atoms with Crippen molar-refractivity contribution in [3.63, 3.8) is 0 Å². The van der Waals surface area contributed by atoms with Crippen LogP contribution in [0, 0.1) is 11.8 Å². The number of rotatable bonds is 5. The second-order valence-electron chi connectivity index (χ2n) is 5.69. The molecule has 2 rings (SSSR count). The van der Waals surface area contributed by atoms with Crippen LogP contribution in [-0.4, -0.2) is 42.0 Å². The Bertz CT molecular complexity index is 292. The number of alkyl halides is 1. The van der Waals surface area contributed by atoms with Crippen molar-refractivity contribution in [1.29, 1.82) is 0 Å². The highest BCUT2D eigenvalue weighted by molar-refractivity contribution is 6.18. The Balaban J connectivity index is 1.76. The van der Waals surface area contributed by atoms with Crippen LogP contribution in [0.3, 0.4) is 0 Å². The summed E-state index contributed by atoms with van der Waals surface area (Å²) in [5.74, 6) is 1.94. The smallest absolute Gasteiger partial charge is 0.223 e. The van der Waals surface area contributed by atoms with E-state index in [0.29, 0.717) is 36.1 Å². The van der Waals surface area contributed by atoms with Gasteiger partial charge in [0.1, 0.15) is 0 Å². The maximum absolute atomic E-state index is 12.3. The lowest BCUT2D eigenvalue weighted by atomic mass is 9.79. The summed E-state index contributed by atoms with van der Waals surface area (Å²) in [6, 6.07) is 0.252. The van der Waals surface area contributed by atoms with Crippen LogP contribution >= 0.6 is 11.6 Å². The Labute approximate surface area is 115 Å². The molecule has 1 saturated heterocycles. The molecule has 1 amide bonds. The van der Waals surface area contributed by atoms with Gasteiger partial charge < -0.3 is 9.64 Å². The van der Waals surface area contributed by atoms with E-state index >= 15 is 0 Å². The highest BCUT2D eigenvalue weighted by atomic mass is 35.5. The Morgan fingerprint density at radius 2 is 2.17 bits per heavy atom. The van der Waals surface area contributed by atoms with Crippen molar-refractivity contribution in [1.82, 2.24) is 4.90 Å². The minimum absolute atomic E-state index is 0.252. The molecule has 0 bridgehead atoms. The van der Waals surface area contributed by atoms with Crippen LogP contribution < -0.4 is 0 Å². The standard InChI is InChI=1S/C14H24ClNO2/c1-3-18-12-6-11(7-12)8-14(17)16-5-4-10(2)13(16)9-15/h10-13H,3-9H2,1-2H3. The lowest BCUT2D eigenvalue weighted by Crippen LogP contribution is -2.41. The molecule has 0 aromatic carbocycles. The van der Waals surface area contributed by atoms with E-state index in [1.807, 2.05) is 11.8 Å². The first-order valence-electron chi connectivity index (χ1n) is 7.12. The number of ether oxygens (including phenoxy) is 1. The molecule has 1 aliphatic carbocycles. The van der Waals surface area contributed by atoms with E-state index in [2.05, 4.69) is 6.92 Å². The molecule has 2 fully saturated rings. The summed E-state index contributed by atoms with van der Waals surface area (Å²) in [5.41, 5.74) is 0. The van der Waals surface area contributed by atoms with Gasteiger partial charge in [-0.3, -0.25) is 4.79 Å². The molecule has 104 valence electrons. The van der Waals surface area contributed by atoms with Gasteiger partial charge >= 0.3 is 0 Å². The molecule has 2 atom stereocenters. The van der Waals surface area contributed by atoms with Crippen molar-refractivity contribution in [2.45, 2.75) is 51.7 Å². The number of hydrogen-bond acceptors (Lipinski definition) is 2. The minimum Gasteiger partial charge on any atom is -0.378 e. The van der Waals surface area contributed by atoms with Gasteiger partial charge in [0.05, 0.1) is 6.10 Å². The number of likely N-dealkylation sites (tertiary alicyclic amines) is 1. The average molecular weight is 274 g/mol. The van der Waals surface area contributed by atoms with Crippen LogP contribution in [0.4, 0.5) is 0 Å². The van der Waals surface area contributed by atoms with Gasteiger partial charge in [-0.1, -0.05) is 6.92 Å². The van der Waals surface area contributed by atoms with Gasteiger partial charge in [-0.25, -0.2) is 0 Å². The van der Waals surface area contributed by atoms with E-state index in [1.54, 1.807) is 0 Å². The Hall–Kier alpha value is -0.280. The van der Waals surface area contributed by atoms with Crippen LogP contribution in [0.25, 0.3) is 0 Å². The molecule has 1 heterocycles. The average Bonchev–Trinajstić information content (AvgIpc) is 2.67. The van der Waals surface area contributed by atoms with E-state index in [-0.39, 0.29) is 6.04 Å². The summed E-state index contributed by atoms with van der Waals surface area (Å²) < 4.78 is 5.53. The molecule has 0 spiro atoms. The van der Waals surface area contributed by atoms with E-state index in [0.717, 1.165) is 32.4 Å². The molecular formula is C14H24ClNO2. The maximum Gasteiger partial charge on any atom is 0.223 e. The van der Waals surface area contributed by atoms with Crippen molar-refractivity contribution in [3.8, 4) is 0 Å². The first-order valence-corrected chi connectivity index (χ1v) is 7.66. The highest BCUT2D eigenvalue weighted by Crippen LogP contribution is 2.34. The molecular weight excluding hydrogens is 250 g/mol. The van der Waals surface area contributed by atoms with Crippen LogP contribution in [0.1, 0.15) is 39.5 Å². The molecule has 0 aromatic heterocycles. The zero-order valence-electron chi connectivity index (χ0n) is 11.4. The molecule has 1 aliphatic heterocycles. The summed E-state index contributed by atoms with van der Waals surface area (Å²) in [6.07, 6.45) is 4.27. The Morgan fingerprint density at radius 1 is 1.44 bits per heavy atom. The van der Waals surface area contributed by atoms with E-state index in [9.17, 15) is 4.79 Å². The first-order chi connectivity index (χ1) is 8.65. The number of nitrogens with zero attached hydrogens (tertiary/aromatic N) is 1. The molecule has 2 unspecified atom stereocenters. The van der Waals surface area contributed by atoms with Gasteiger partial charge in [0.25, 0.3) is 0 Å². The largest absolute Gasteiger partial charge is 0.378 e.